The first-order chi connectivity index (χ1) is 30.5. The average Bonchev–Trinajstić information content (AvgIpc) is 4.04. The van der Waals surface area contributed by atoms with Gasteiger partial charge in [0.1, 0.15) is 0 Å². The molecule has 78 heavy (non-hydrogen) atoms. The summed E-state index contributed by atoms with van der Waals surface area (Å²) in [6, 6.07) is 0. The van der Waals surface area contributed by atoms with E-state index in [0.717, 1.165) is 83.0 Å². The predicted molar refractivity (Wildman–Crippen MR) is 267 cm³/mol. The van der Waals surface area contributed by atoms with Crippen molar-refractivity contribution in [2.45, 2.75) is 267 Å². The molecule has 16 unspecified atom stereocenters. The van der Waals surface area contributed by atoms with Gasteiger partial charge in [-0.25, -0.2) is 0 Å². The van der Waals surface area contributed by atoms with Gasteiger partial charge in [0, 0.05) is 537 Å². The van der Waals surface area contributed by atoms with E-state index in [4.69, 9.17) is 0 Å². The second kappa shape index (κ2) is 69.2. The average molecular weight is 2080 g/mol. The number of hydrogen-bond acceptors (Lipinski definition) is 2. The zero-order valence-corrected chi connectivity index (χ0v) is 69.0. The summed E-state index contributed by atoms with van der Waals surface area (Å²) in [5, 5.41) is 20.6. The van der Waals surface area contributed by atoms with Gasteiger partial charge in [0.05, 0.1) is 6.10 Å². The van der Waals surface area contributed by atoms with Crippen LogP contribution in [0.2, 0.25) is 0 Å². The Morgan fingerprint density at radius 1 is 0.256 bits per heavy atom. The van der Waals surface area contributed by atoms with E-state index in [2.05, 4.69) is 13.8 Å². The zero-order chi connectivity index (χ0) is 44.2. The quantitative estimate of drug-likeness (QED) is 0.237. The molecule has 0 spiro atoms. The normalized spacial score (nSPS) is 36.5. The van der Waals surface area contributed by atoms with E-state index in [0.29, 0.717) is 23.7 Å². The maximum atomic E-state index is 10.3. The summed E-state index contributed by atoms with van der Waals surface area (Å²) in [6.45, 7) is 17.1. The molecule has 12 aliphatic rings. The fourth-order valence-corrected chi connectivity index (χ4v) is 18.8. The Labute approximate surface area is 903 Å². The number of rotatable bonds is 0. The van der Waals surface area contributed by atoms with Gasteiger partial charge in [0.25, 0.3) is 0 Å². The second-order valence-corrected chi connectivity index (χ2v) is 23.2. The number of aliphatic hydroxyl groups excluding tert-OH is 2. The number of hydrogen-bond donors (Lipinski definition) is 2. The van der Waals surface area contributed by atoms with Crippen LogP contribution in [0.1, 0.15) is 261 Å². The fourth-order valence-electron chi connectivity index (χ4n) is 18.8. The van der Waals surface area contributed by atoms with Crippen LogP contribution >= 0.6 is 0 Å². The Bertz CT molecular complexity index is 1010. The molecule has 0 aromatic heterocycles. The van der Waals surface area contributed by atoms with Crippen LogP contribution in [0.4, 0.5) is 0 Å². The molecule has 0 aliphatic heterocycles. The van der Waals surface area contributed by atoms with Crippen LogP contribution in [0.5, 0.6) is 0 Å². The third-order valence-electron chi connectivity index (χ3n) is 21.1. The molecule has 2 N–H and O–H groups in total. The van der Waals surface area contributed by atoms with Gasteiger partial charge in [-0.1, -0.05) is 226 Å². The van der Waals surface area contributed by atoms with E-state index < -0.39 is 0 Å². The van der Waals surface area contributed by atoms with Crippen LogP contribution in [-0.2, 0) is 84.3 Å². The second-order valence-electron chi connectivity index (χ2n) is 23.2. The van der Waals surface area contributed by atoms with Crippen LogP contribution in [0, 0.1) is 565 Å². The summed E-state index contributed by atoms with van der Waals surface area (Å²) < 4.78 is 0. The van der Waals surface area contributed by atoms with Gasteiger partial charge in [-0.15, -0.1) is 11.8 Å². The largest absolute Gasteiger partial charge is 0.562 e. The summed E-state index contributed by atoms with van der Waals surface area (Å²) in [5.41, 5.74) is 0. The Morgan fingerprint density at radius 2 is 0.423 bits per heavy atom. The Balaban J connectivity index is -0.0000000774. The molecule has 0 aromatic rings. The first-order valence-electron chi connectivity index (χ1n) is 29.6. The van der Waals surface area contributed by atoms with Crippen LogP contribution in [0.25, 0.3) is 0 Å². The van der Waals surface area contributed by atoms with Gasteiger partial charge in [0.15, 0.2) is 0 Å². The van der Waals surface area contributed by atoms with Crippen molar-refractivity contribution >= 4 is 0 Å². The van der Waals surface area contributed by atoms with E-state index in [1.165, 1.54) is 167 Å². The summed E-state index contributed by atoms with van der Waals surface area (Å²) in [7, 11) is 0. The smallest absolute Gasteiger partial charge is 0.0602 e. The Kier molecular flexibility index (Phi) is 106. The van der Waals surface area contributed by atoms with Gasteiger partial charge in [-0.2, -0.15) is 24.9 Å². The maximum absolute atomic E-state index is 10.3. The van der Waals surface area contributed by atoms with Crippen molar-refractivity contribution in [3.05, 3.63) is 12.0 Å². The predicted octanol–water partition coefficient (Wildman–Crippen LogP) is 18.0. The van der Waals surface area contributed by atoms with Crippen LogP contribution in [0.15, 0.2) is 0 Å². The Morgan fingerprint density at radius 3 is 0.679 bits per heavy atom. The molecule has 2 nitrogen and oxygen atoms in total. The molecule has 12 aliphatic carbocycles. The summed E-state index contributed by atoms with van der Waals surface area (Å²) in [6.07, 6.45) is 47.7. The van der Waals surface area contributed by atoms with Crippen LogP contribution in [0.3, 0.4) is 0 Å². The van der Waals surface area contributed by atoms with Gasteiger partial charge in [-0.3, -0.25) is 0 Å². The Hall–Kier alpha value is 17.8. The third kappa shape index (κ3) is 34.1. The molecule has 12 saturated carbocycles. The molecule has 0 amide bonds. The van der Waals surface area contributed by atoms with Gasteiger partial charge < -0.3 is 16.1 Å². The number of fused-ring (bicyclic) bond motifs is 12. The molecular weight excluding hydrogens is 1970 g/mol. The van der Waals surface area contributed by atoms with E-state index in [1.54, 1.807) is 38.5 Å². The monoisotopic (exact) mass is 2080 g/mol. The van der Waals surface area contributed by atoms with Crippen molar-refractivity contribution in [1.29, 1.82) is 0 Å². The van der Waals surface area contributed by atoms with Crippen molar-refractivity contribution in [3.63, 3.8) is 0 Å². The summed E-state index contributed by atoms with van der Waals surface area (Å²) >= 11 is 0. The fraction of sp³-hybridized carbons (Fsp3) is 0.967. The summed E-state index contributed by atoms with van der Waals surface area (Å²) in [4.78, 5) is 0. The van der Waals surface area contributed by atoms with Crippen LogP contribution < -0.4 is 0 Å². The maximum Gasteiger partial charge on any atom is 0.0602 e. The van der Waals surface area contributed by atoms with E-state index in [-0.39, 0.29) is 543 Å². The van der Waals surface area contributed by atoms with Crippen LogP contribution in [-0.4, -0.2) is 16.3 Å². The van der Waals surface area contributed by atoms with Crippen molar-refractivity contribution < 1.29 is 547 Å². The zero-order valence-electron chi connectivity index (χ0n) is 48.8. The molecule has 18 heteroatoms. The molecule has 12 fully saturated rings. The first-order valence-corrected chi connectivity index (χ1v) is 29.6. The number of aliphatic hydroxyl groups is 2. The molecule has 0 radical (unpaired) electrons. The van der Waals surface area contributed by atoms with Crippen molar-refractivity contribution in [3.8, 4) is 0 Å². The van der Waals surface area contributed by atoms with Crippen molar-refractivity contribution in [2.75, 3.05) is 0 Å². The van der Waals surface area contributed by atoms with Gasteiger partial charge in [-0.05, 0) is 105 Å². The molecule has 16 atom stereocenters. The van der Waals surface area contributed by atoms with E-state index >= 15 is 0 Å². The van der Waals surface area contributed by atoms with E-state index in [9.17, 15) is 10.2 Å². The minimum Gasteiger partial charge on any atom is -0.562 e. The van der Waals surface area contributed by atoms with Gasteiger partial charge in [0.2, 0.25) is 0 Å². The molecule has 0 saturated heterocycles. The first kappa shape index (κ1) is 120. The minimum absolute atomic E-state index is 0. The third-order valence-corrected chi connectivity index (χ3v) is 21.1. The molecule has 0 aromatic carbocycles. The minimum atomic E-state index is 0. The molecule has 12 rings (SSSR count). The van der Waals surface area contributed by atoms with Crippen molar-refractivity contribution in [1.82, 2.24) is 0 Å². The topological polar surface area (TPSA) is 40.5 Å². The van der Waals surface area contributed by atoms with E-state index in [1.807, 2.05) is 47.5 Å². The molecule has 0 heterocycles. The van der Waals surface area contributed by atoms with Gasteiger partial charge >= 0.3 is 0 Å². The standard InChI is InChI=1S/C14H24.C14H23.C13H22O.C13H21O.3C2H6.12Ar.4W/c2*1-10-11-6-2-4-8-13(11)14-9-5-3-7-12(10)14;2*14-13-11-7-3-1-5-9(11)10-6-2-4-8-12(10)13;3*1-2;;;;;;;;;;;;;;;;/h10-14H,2-9H2,1H3;11-14H,2-9H2,1H3;9-14H,1-8H2;9-12,14H,1-8H2;3*1-2H3;;;;;;;;;;;;;;;;/q;-1;;-1;;;;;;;;;;;;;;;;;;;. The SMILES string of the molecule is CC.CC.CC.CC1C2CCCCC2C2CCCCC12.C[C-]1C2CCCCC2C2CCCCC12.OC1C2CCCCC2C2CCCCC12.O[C-]1C2CCCCC2C2CCCCC12.[Ar].[Ar].[Ar].[Ar].[Ar].[Ar].[Ar].[Ar].[Ar].[Ar].[Ar].[Ar].[W].[W].[W].[W]. The summed E-state index contributed by atoms with van der Waals surface area (Å²) in [5.74, 6) is 18.1. The molecule has 0 bridgehead atoms. The van der Waals surface area contributed by atoms with Crippen molar-refractivity contribution in [2.24, 2.45) is 101 Å². The molecular formula is C60H108Ar12O2W4-2. The molecule has 482 valence electrons.